The number of unbranched alkanes of at least 4 members (excludes halogenated alkanes) is 1. The van der Waals surface area contributed by atoms with E-state index in [9.17, 15) is 0 Å². The number of carbonyl (C=O) groups is 6. The number of nitrogens with zero attached hydrogens (tertiary/aromatic N) is 2. The highest BCUT2D eigenvalue weighted by Crippen LogP contribution is 2.29. The fraction of sp³-hybridized carbons (Fsp3) is 0.235. The standard InChI is InChI=1S/C68H69N8O8P/c1-45(48-34-36-53(37-35-48)83-44-47-23-9-3-10-24-47)61-66(80)72-58(39-46-21-7-2-8-22-46)68(82)76-43-54(84-85)41-60(76)65(79)74-62(49-25-11-4-12-26-49)67(81)71-57(40-50-42-75(52-29-15-6-16-30-52)59-33-18-17-31-55(50)59)64(78)70-56(63(77)73-61)32-19-20-38-69-51-27-13-5-14-28-51/h2-18,21-31,33-37,42,54,56-58,60-62,69H,1,19-20,32,38-41,43-44,85H2,(H,70,78)(H,71,81)(H,72,80)(H,73,77)(H,74,79)/t54?,56-,57?,58-,60+,61-,62-/m1/s1. The maximum Gasteiger partial charge on any atom is 0.247 e. The molecule has 2 saturated heterocycles. The van der Waals surface area contributed by atoms with Crippen LogP contribution in [0.1, 0.15) is 59.5 Å². The maximum absolute atomic E-state index is 15.5. The van der Waals surface area contributed by atoms with Crippen molar-refractivity contribution < 1.29 is 38.0 Å². The molecule has 16 nitrogen and oxygen atoms in total. The summed E-state index contributed by atoms with van der Waals surface area (Å²) in [7, 11) is 2.21. The topological polar surface area (TPSA) is 201 Å². The number of fused-ring (bicyclic) bond motifs is 2. The van der Waals surface area contributed by atoms with Crippen LogP contribution in [0.3, 0.4) is 0 Å². The van der Waals surface area contributed by atoms with E-state index in [1.165, 1.54) is 4.90 Å². The molecule has 6 amide bonds. The summed E-state index contributed by atoms with van der Waals surface area (Å²) in [6, 6.07) is 53.7. The fourth-order valence-corrected chi connectivity index (χ4v) is 11.2. The molecule has 85 heavy (non-hydrogen) atoms. The summed E-state index contributed by atoms with van der Waals surface area (Å²) in [6.07, 6.45) is 2.46. The third kappa shape index (κ3) is 14.9. The van der Waals surface area contributed by atoms with Crippen LogP contribution >= 0.6 is 9.47 Å². The molecule has 2 aliphatic heterocycles. The average Bonchev–Trinajstić information content (AvgIpc) is 3.17. The molecule has 6 N–H and O–H groups in total. The van der Waals surface area contributed by atoms with Crippen LogP contribution in [0.5, 0.6) is 5.75 Å². The number of benzene rings is 7. The number of rotatable bonds is 18. The highest BCUT2D eigenvalue weighted by atomic mass is 31.0. The summed E-state index contributed by atoms with van der Waals surface area (Å²) < 4.78 is 13.8. The van der Waals surface area contributed by atoms with Crippen molar-refractivity contribution in [3.05, 3.63) is 241 Å². The van der Waals surface area contributed by atoms with Crippen LogP contribution < -0.4 is 36.6 Å². The van der Waals surface area contributed by atoms with Gasteiger partial charge in [0.1, 0.15) is 48.6 Å². The summed E-state index contributed by atoms with van der Waals surface area (Å²) in [6.45, 7) is 5.23. The molecule has 0 saturated carbocycles. The van der Waals surface area contributed by atoms with E-state index in [2.05, 4.69) is 47.9 Å². The molecule has 434 valence electrons. The Morgan fingerprint density at radius 2 is 1.18 bits per heavy atom. The lowest BCUT2D eigenvalue weighted by Crippen LogP contribution is -2.61. The normalized spacial score (nSPS) is 20.6. The summed E-state index contributed by atoms with van der Waals surface area (Å²) in [4.78, 5) is 93.3. The van der Waals surface area contributed by atoms with E-state index in [1.807, 2.05) is 156 Å². The van der Waals surface area contributed by atoms with E-state index >= 15 is 28.8 Å². The molecule has 8 atom stereocenters. The van der Waals surface area contributed by atoms with Crippen molar-refractivity contribution in [2.24, 2.45) is 0 Å². The zero-order valence-electron chi connectivity index (χ0n) is 47.0. The number of hydrogen-bond donors (Lipinski definition) is 6. The number of nitrogens with one attached hydrogen (secondary N) is 6. The van der Waals surface area contributed by atoms with Gasteiger partial charge in [-0.2, -0.15) is 0 Å². The van der Waals surface area contributed by atoms with Gasteiger partial charge in [-0.1, -0.05) is 164 Å². The van der Waals surface area contributed by atoms with Crippen molar-refractivity contribution in [3.63, 3.8) is 0 Å². The molecule has 0 spiro atoms. The minimum absolute atomic E-state index is 0.000599. The van der Waals surface area contributed by atoms with Gasteiger partial charge in [0.25, 0.3) is 0 Å². The van der Waals surface area contributed by atoms with Crippen LogP contribution in [0.15, 0.2) is 213 Å². The number of carbonyl (C=O) groups excluding carboxylic acids is 6. The second-order valence-corrected chi connectivity index (χ2v) is 21.6. The van der Waals surface area contributed by atoms with Crippen molar-refractivity contribution in [1.82, 2.24) is 36.1 Å². The number of hydrogen-bond acceptors (Lipinski definition) is 9. The number of aromatic nitrogens is 1. The summed E-state index contributed by atoms with van der Waals surface area (Å²) in [5.41, 5.74) is 6.13. The van der Waals surface area contributed by atoms with E-state index < -0.39 is 77.8 Å². The van der Waals surface area contributed by atoms with Gasteiger partial charge in [0.2, 0.25) is 35.4 Å². The smallest absolute Gasteiger partial charge is 0.247 e. The van der Waals surface area contributed by atoms with Crippen LogP contribution in [0.25, 0.3) is 22.2 Å². The van der Waals surface area contributed by atoms with Crippen LogP contribution in [0, 0.1) is 0 Å². The lowest BCUT2D eigenvalue weighted by molar-refractivity contribution is -0.142. The van der Waals surface area contributed by atoms with E-state index in [1.54, 1.807) is 54.6 Å². The monoisotopic (exact) mass is 1160 g/mol. The minimum Gasteiger partial charge on any atom is -0.489 e. The zero-order valence-corrected chi connectivity index (χ0v) is 48.1. The third-order valence-corrected chi connectivity index (χ3v) is 15.9. The lowest BCUT2D eigenvalue weighted by Gasteiger charge is -2.32. The zero-order chi connectivity index (χ0) is 59.1. The lowest BCUT2D eigenvalue weighted by atomic mass is 9.97. The molecular formula is C68H69N8O8P. The molecular weight excluding hydrogens is 1090 g/mol. The first-order valence-corrected chi connectivity index (χ1v) is 29.1. The summed E-state index contributed by atoms with van der Waals surface area (Å²) in [5, 5.41) is 19.2. The Morgan fingerprint density at radius 3 is 1.87 bits per heavy atom. The third-order valence-electron chi connectivity index (χ3n) is 15.5. The molecule has 2 fully saturated rings. The molecule has 0 radical (unpaired) electrons. The van der Waals surface area contributed by atoms with E-state index in [0.717, 1.165) is 27.8 Å². The second-order valence-electron chi connectivity index (χ2n) is 21.4. The number of para-hydroxylation sites is 3. The predicted octanol–water partition coefficient (Wildman–Crippen LogP) is 8.58. The van der Waals surface area contributed by atoms with Crippen molar-refractivity contribution >= 4 is 67.1 Å². The Labute approximate surface area is 497 Å². The SMILES string of the molecule is C=C(c1ccc(OCc2ccccc2)cc1)[C@H]1NC(=O)[C@@H](CCCCNc2ccccc2)NC(=O)C(Cc2cn(-c3ccccc3)c3ccccc23)NC(=O)[C@@H](c2ccccc2)NC(=O)[C@@H]2CC(OP)CN2C(=O)[C@@H](Cc2ccccc2)NC1=O. The van der Waals surface area contributed by atoms with Gasteiger partial charge >= 0.3 is 0 Å². The van der Waals surface area contributed by atoms with Crippen molar-refractivity contribution in [1.29, 1.82) is 0 Å². The molecule has 0 bridgehead atoms. The Balaban J connectivity index is 1.05. The van der Waals surface area contributed by atoms with Gasteiger partial charge in [-0.3, -0.25) is 28.8 Å². The molecule has 17 heteroatoms. The highest BCUT2D eigenvalue weighted by Gasteiger charge is 2.44. The summed E-state index contributed by atoms with van der Waals surface area (Å²) >= 11 is 0. The average molecular weight is 1160 g/mol. The number of anilines is 1. The van der Waals surface area contributed by atoms with Gasteiger partial charge in [0, 0.05) is 64.8 Å². The predicted molar refractivity (Wildman–Crippen MR) is 332 cm³/mol. The Bertz CT molecular complexity index is 3590. The van der Waals surface area contributed by atoms with Gasteiger partial charge in [-0.25, -0.2) is 0 Å². The molecule has 7 aromatic carbocycles. The quantitative estimate of drug-likeness (QED) is 0.0360. The van der Waals surface area contributed by atoms with Crippen LogP contribution in [-0.4, -0.2) is 94.3 Å². The number of ether oxygens (including phenoxy) is 1. The van der Waals surface area contributed by atoms with Crippen molar-refractivity contribution in [2.45, 2.75) is 87.5 Å². The van der Waals surface area contributed by atoms with Gasteiger partial charge in [0.05, 0.1) is 11.6 Å². The first-order valence-electron chi connectivity index (χ1n) is 28.7. The Hall–Kier alpha value is -9.37. The van der Waals surface area contributed by atoms with E-state index in [4.69, 9.17) is 9.26 Å². The molecule has 10 rings (SSSR count). The van der Waals surface area contributed by atoms with E-state index in [-0.39, 0.29) is 37.8 Å². The van der Waals surface area contributed by atoms with Crippen LogP contribution in [0.4, 0.5) is 5.69 Å². The highest BCUT2D eigenvalue weighted by molar-refractivity contribution is 7.09. The summed E-state index contributed by atoms with van der Waals surface area (Å²) in [5.74, 6) is -3.57. The second kappa shape index (κ2) is 28.3. The molecule has 2 aliphatic rings. The molecule has 3 heterocycles. The molecule has 3 unspecified atom stereocenters. The Kier molecular flexibility index (Phi) is 19.6. The van der Waals surface area contributed by atoms with Gasteiger partial charge in [-0.05, 0) is 95.1 Å². The Morgan fingerprint density at radius 1 is 0.576 bits per heavy atom. The first kappa shape index (κ1) is 58.8. The van der Waals surface area contributed by atoms with Gasteiger partial charge < -0.3 is 50.6 Å². The van der Waals surface area contributed by atoms with Crippen LogP contribution in [0.2, 0.25) is 0 Å². The molecule has 1 aromatic heterocycles. The minimum atomic E-state index is -1.51. The van der Waals surface area contributed by atoms with Gasteiger partial charge in [-0.15, -0.1) is 0 Å². The molecule has 8 aromatic rings. The van der Waals surface area contributed by atoms with Crippen LogP contribution in [-0.2, 0) is 52.7 Å². The first-order chi connectivity index (χ1) is 41.5. The van der Waals surface area contributed by atoms with Gasteiger partial charge in [0.15, 0.2) is 0 Å². The largest absolute Gasteiger partial charge is 0.489 e. The van der Waals surface area contributed by atoms with Crippen molar-refractivity contribution in [3.8, 4) is 11.4 Å². The van der Waals surface area contributed by atoms with Crippen molar-refractivity contribution in [2.75, 3.05) is 18.4 Å². The fourth-order valence-electron chi connectivity index (χ4n) is 11.0. The maximum atomic E-state index is 15.5. The van der Waals surface area contributed by atoms with E-state index in [0.29, 0.717) is 54.0 Å². The number of amides is 6. The molecule has 0 aliphatic carbocycles.